The Kier molecular flexibility index (Phi) is 3.35. The maximum absolute atomic E-state index is 12.3. The molecule has 0 unspecified atom stereocenters. The van der Waals surface area contributed by atoms with Crippen molar-refractivity contribution in [3.63, 3.8) is 0 Å². The van der Waals surface area contributed by atoms with Crippen LogP contribution in [0, 0.1) is 0 Å². The molecule has 1 aliphatic carbocycles. The zero-order valence-electron chi connectivity index (χ0n) is 14.0. The molecular weight excluding hydrogens is 326 g/mol. The van der Waals surface area contributed by atoms with E-state index in [0.717, 1.165) is 41.1 Å². The van der Waals surface area contributed by atoms with Crippen molar-refractivity contribution >= 4 is 16.9 Å². The Balaban J connectivity index is 1.65. The summed E-state index contributed by atoms with van der Waals surface area (Å²) in [5.41, 5.74) is 5.39. The predicted octanol–water partition coefficient (Wildman–Crippen LogP) is 3.51. The summed E-state index contributed by atoms with van der Waals surface area (Å²) in [6.07, 6.45) is 5.86. The second-order valence-corrected chi connectivity index (χ2v) is 6.54. The Morgan fingerprint density at radius 1 is 0.923 bits per heavy atom. The van der Waals surface area contributed by atoms with E-state index in [0.29, 0.717) is 17.1 Å². The van der Waals surface area contributed by atoms with E-state index in [1.807, 2.05) is 54.9 Å². The number of hydrogen-bond acceptors (Lipinski definition) is 3. The molecule has 0 saturated heterocycles. The molecule has 0 aliphatic heterocycles. The molecule has 5 rings (SSSR count). The number of carbonyl (C=O) groups is 1. The number of aromatic amines is 2. The van der Waals surface area contributed by atoms with Crippen molar-refractivity contribution in [2.24, 2.45) is 0 Å². The number of fused-ring (bicyclic) bond motifs is 1. The highest BCUT2D eigenvalue weighted by Crippen LogP contribution is 2.29. The van der Waals surface area contributed by atoms with Crippen LogP contribution in [-0.4, -0.2) is 31.9 Å². The normalized spacial score (nSPS) is 13.8. The lowest BCUT2D eigenvalue weighted by Crippen LogP contribution is -2.25. The van der Waals surface area contributed by atoms with Crippen LogP contribution in [0.5, 0.6) is 0 Å². The van der Waals surface area contributed by atoms with Gasteiger partial charge in [0, 0.05) is 24.0 Å². The summed E-state index contributed by atoms with van der Waals surface area (Å²) in [5.74, 6) is -0.0499. The van der Waals surface area contributed by atoms with Gasteiger partial charge >= 0.3 is 0 Å². The summed E-state index contributed by atoms with van der Waals surface area (Å²) in [5, 5.41) is 3.01. The number of nitrogens with one attached hydrogen (secondary N) is 3. The molecule has 1 saturated carbocycles. The fourth-order valence-corrected chi connectivity index (χ4v) is 3.02. The monoisotopic (exact) mass is 343 g/mol. The van der Waals surface area contributed by atoms with Gasteiger partial charge in [0.1, 0.15) is 11.4 Å². The Labute approximate surface area is 149 Å². The highest BCUT2D eigenvalue weighted by molar-refractivity contribution is 5.98. The number of nitrogens with zero attached hydrogens (tertiary/aromatic N) is 2. The first kappa shape index (κ1) is 14.9. The summed E-state index contributed by atoms with van der Waals surface area (Å²) in [6.45, 7) is 0. The van der Waals surface area contributed by atoms with E-state index in [1.165, 1.54) is 0 Å². The van der Waals surface area contributed by atoms with Crippen LogP contribution in [-0.2, 0) is 0 Å². The average molecular weight is 343 g/mol. The fraction of sp³-hybridized carbons (Fsp3) is 0.150. The number of benzene rings is 1. The topological polar surface area (TPSA) is 86.5 Å². The second-order valence-electron chi connectivity index (χ2n) is 6.54. The van der Waals surface area contributed by atoms with Gasteiger partial charge in [-0.3, -0.25) is 4.79 Å². The van der Waals surface area contributed by atoms with Gasteiger partial charge in [0.05, 0.1) is 22.4 Å². The highest BCUT2D eigenvalue weighted by Gasteiger charge is 2.24. The minimum absolute atomic E-state index is 0.0499. The van der Waals surface area contributed by atoms with Crippen LogP contribution in [0.25, 0.3) is 33.8 Å². The first-order valence-corrected chi connectivity index (χ1v) is 8.68. The van der Waals surface area contributed by atoms with Gasteiger partial charge in [0.25, 0.3) is 5.91 Å². The number of aromatic nitrogens is 4. The maximum Gasteiger partial charge on any atom is 0.251 e. The molecule has 6 nitrogen and oxygen atoms in total. The van der Waals surface area contributed by atoms with Crippen molar-refractivity contribution in [1.29, 1.82) is 0 Å². The van der Waals surface area contributed by atoms with E-state index in [-0.39, 0.29) is 5.91 Å². The van der Waals surface area contributed by atoms with Crippen molar-refractivity contribution in [3.05, 3.63) is 60.4 Å². The molecule has 1 amide bonds. The second kappa shape index (κ2) is 5.84. The molecule has 3 heterocycles. The van der Waals surface area contributed by atoms with E-state index < -0.39 is 0 Å². The van der Waals surface area contributed by atoms with Gasteiger partial charge in [0.15, 0.2) is 0 Å². The summed E-state index contributed by atoms with van der Waals surface area (Å²) >= 11 is 0. The minimum Gasteiger partial charge on any atom is -0.360 e. The van der Waals surface area contributed by atoms with E-state index in [1.54, 1.807) is 0 Å². The van der Waals surface area contributed by atoms with Gasteiger partial charge in [-0.05, 0) is 55.3 Å². The first-order valence-electron chi connectivity index (χ1n) is 8.68. The van der Waals surface area contributed by atoms with E-state index >= 15 is 0 Å². The molecule has 0 radical (unpaired) electrons. The van der Waals surface area contributed by atoms with Crippen molar-refractivity contribution in [3.8, 4) is 22.8 Å². The van der Waals surface area contributed by atoms with Crippen LogP contribution in [0.2, 0.25) is 0 Å². The summed E-state index contributed by atoms with van der Waals surface area (Å²) in [4.78, 5) is 28.3. The Morgan fingerprint density at radius 3 is 2.15 bits per heavy atom. The molecule has 3 N–H and O–H groups in total. The van der Waals surface area contributed by atoms with Gasteiger partial charge in [-0.2, -0.15) is 0 Å². The quantitative estimate of drug-likeness (QED) is 0.530. The van der Waals surface area contributed by atoms with Crippen LogP contribution >= 0.6 is 0 Å². The minimum atomic E-state index is -0.0499. The number of H-pyrrole nitrogens is 2. The number of amides is 1. The Morgan fingerprint density at radius 2 is 1.58 bits per heavy atom. The van der Waals surface area contributed by atoms with Crippen molar-refractivity contribution < 1.29 is 4.79 Å². The van der Waals surface area contributed by atoms with Gasteiger partial charge in [-0.15, -0.1) is 0 Å². The van der Waals surface area contributed by atoms with Crippen LogP contribution in [0.15, 0.2) is 54.9 Å². The lowest BCUT2D eigenvalue weighted by molar-refractivity contribution is 0.0951. The molecule has 128 valence electrons. The van der Waals surface area contributed by atoms with Gasteiger partial charge in [0.2, 0.25) is 0 Å². The van der Waals surface area contributed by atoms with Crippen LogP contribution < -0.4 is 5.32 Å². The summed E-state index contributed by atoms with van der Waals surface area (Å²) in [7, 11) is 0. The highest BCUT2D eigenvalue weighted by atomic mass is 16.1. The van der Waals surface area contributed by atoms with E-state index in [9.17, 15) is 4.79 Å². The maximum atomic E-state index is 12.3. The summed E-state index contributed by atoms with van der Waals surface area (Å²) < 4.78 is 0. The smallest absolute Gasteiger partial charge is 0.251 e. The van der Waals surface area contributed by atoms with Crippen molar-refractivity contribution in [1.82, 2.24) is 25.3 Å². The number of carbonyl (C=O) groups excluding carboxylic acids is 1. The van der Waals surface area contributed by atoms with Crippen LogP contribution in [0.3, 0.4) is 0 Å². The lowest BCUT2D eigenvalue weighted by atomic mass is 10.1. The summed E-state index contributed by atoms with van der Waals surface area (Å²) in [6, 6.07) is 13.6. The first-order chi connectivity index (χ1) is 12.8. The molecule has 26 heavy (non-hydrogen) atoms. The standard InChI is InChI=1S/C20H17N5O/c26-20(23-13-6-7-13)12-5-8-14-17(11-12)25-19(16-4-2-10-22-16)18(24-14)15-3-1-9-21-15/h1-5,8-11,13,21-22H,6-7H2,(H,23,26). The van der Waals surface area contributed by atoms with Crippen LogP contribution in [0.4, 0.5) is 0 Å². The molecule has 0 spiro atoms. The third-order valence-corrected chi connectivity index (χ3v) is 4.55. The SMILES string of the molecule is O=C(NC1CC1)c1ccc2nc(-c3ccc[nH]3)c(-c3ccc[nH]3)nc2c1. The average Bonchev–Trinajstić information content (AvgIpc) is 3.14. The molecule has 1 aliphatic rings. The molecule has 1 fully saturated rings. The Hall–Kier alpha value is -3.41. The predicted molar refractivity (Wildman–Crippen MR) is 99.6 cm³/mol. The largest absolute Gasteiger partial charge is 0.360 e. The molecule has 1 aromatic carbocycles. The molecule has 3 aromatic heterocycles. The lowest BCUT2D eigenvalue weighted by Gasteiger charge is -2.09. The molecule has 0 bridgehead atoms. The third-order valence-electron chi connectivity index (χ3n) is 4.55. The van der Waals surface area contributed by atoms with Gasteiger partial charge < -0.3 is 15.3 Å². The number of hydrogen-bond donors (Lipinski definition) is 3. The molecule has 0 atom stereocenters. The zero-order chi connectivity index (χ0) is 17.5. The van der Waals surface area contributed by atoms with E-state index in [4.69, 9.17) is 9.97 Å². The molecule has 6 heteroatoms. The van der Waals surface area contributed by atoms with Gasteiger partial charge in [-0.1, -0.05) is 0 Å². The fourth-order valence-electron chi connectivity index (χ4n) is 3.02. The Bertz CT molecular complexity index is 1080. The zero-order valence-corrected chi connectivity index (χ0v) is 14.0. The van der Waals surface area contributed by atoms with E-state index in [2.05, 4.69) is 15.3 Å². The van der Waals surface area contributed by atoms with Gasteiger partial charge in [-0.25, -0.2) is 9.97 Å². The molecule has 4 aromatic rings. The third kappa shape index (κ3) is 2.65. The van der Waals surface area contributed by atoms with Crippen molar-refractivity contribution in [2.75, 3.05) is 0 Å². The number of rotatable bonds is 4. The van der Waals surface area contributed by atoms with Crippen molar-refractivity contribution in [2.45, 2.75) is 18.9 Å². The molecular formula is C20H17N5O. The van der Waals surface area contributed by atoms with Crippen LogP contribution in [0.1, 0.15) is 23.2 Å².